The van der Waals surface area contributed by atoms with Gasteiger partial charge in [0.05, 0.1) is 9.47 Å². The van der Waals surface area contributed by atoms with E-state index < -0.39 is 0 Å². The highest BCUT2D eigenvalue weighted by atomic mass is 79.9. The van der Waals surface area contributed by atoms with Gasteiger partial charge in [0, 0.05) is 22.1 Å². The molecule has 0 aromatic carbocycles. The average Bonchev–Trinajstić information content (AvgIpc) is 3.08. The third-order valence-corrected chi connectivity index (χ3v) is 5.83. The maximum Gasteiger partial charge on any atom is 0.178 e. The van der Waals surface area contributed by atoms with Crippen molar-refractivity contribution in [2.24, 2.45) is 0 Å². The third-order valence-electron chi connectivity index (χ3n) is 2.57. The average molecular weight is 415 g/mol. The Labute approximate surface area is 136 Å². The van der Waals surface area contributed by atoms with Crippen LogP contribution < -0.4 is 5.32 Å². The molecule has 0 unspecified atom stereocenters. The van der Waals surface area contributed by atoms with Crippen LogP contribution in [-0.2, 0) is 6.54 Å². The molecule has 0 aliphatic rings. The second-order valence-electron chi connectivity index (χ2n) is 3.90. The van der Waals surface area contributed by atoms with Crippen molar-refractivity contribution in [2.75, 3.05) is 5.32 Å². The van der Waals surface area contributed by atoms with Crippen LogP contribution in [0, 0.1) is 0 Å². The SMILES string of the molecule is Brc1cc(CNc2cccnc2-n2cncn2)sc1Br. The van der Waals surface area contributed by atoms with Crippen LogP contribution >= 0.6 is 43.2 Å². The van der Waals surface area contributed by atoms with Gasteiger partial charge in [0.1, 0.15) is 12.7 Å². The molecule has 0 amide bonds. The molecule has 1 N–H and O–H groups in total. The molecule has 3 heterocycles. The fourth-order valence-electron chi connectivity index (χ4n) is 1.70. The summed E-state index contributed by atoms with van der Waals surface area (Å²) in [6, 6.07) is 5.96. The van der Waals surface area contributed by atoms with E-state index in [0.29, 0.717) is 0 Å². The summed E-state index contributed by atoms with van der Waals surface area (Å²) >= 11 is 8.68. The lowest BCUT2D eigenvalue weighted by Crippen LogP contribution is -2.05. The summed E-state index contributed by atoms with van der Waals surface area (Å²) in [6.07, 6.45) is 4.86. The predicted octanol–water partition coefficient (Wildman–Crippen LogP) is 3.86. The highest BCUT2D eigenvalue weighted by molar-refractivity contribution is 9.13. The Kier molecular flexibility index (Phi) is 4.13. The van der Waals surface area contributed by atoms with Gasteiger partial charge in [-0.05, 0) is 50.1 Å². The summed E-state index contributed by atoms with van der Waals surface area (Å²) in [5, 5.41) is 7.49. The molecule has 3 aromatic heterocycles. The molecule has 0 bridgehead atoms. The summed E-state index contributed by atoms with van der Waals surface area (Å²) in [7, 11) is 0. The van der Waals surface area contributed by atoms with Crippen molar-refractivity contribution < 1.29 is 0 Å². The molecule has 0 spiro atoms. The van der Waals surface area contributed by atoms with Crippen molar-refractivity contribution in [3.8, 4) is 5.82 Å². The number of nitrogens with zero attached hydrogens (tertiary/aromatic N) is 4. The zero-order chi connectivity index (χ0) is 13.9. The summed E-state index contributed by atoms with van der Waals surface area (Å²) in [5.41, 5.74) is 0.915. The Bertz CT molecular complexity index is 691. The highest BCUT2D eigenvalue weighted by Crippen LogP contribution is 2.32. The molecule has 20 heavy (non-hydrogen) atoms. The molecule has 0 saturated heterocycles. The number of aromatic nitrogens is 4. The van der Waals surface area contributed by atoms with E-state index in [-0.39, 0.29) is 0 Å². The Morgan fingerprint density at radius 1 is 1.35 bits per heavy atom. The number of halogens is 2. The van der Waals surface area contributed by atoms with Crippen LogP contribution in [0.15, 0.2) is 45.3 Å². The van der Waals surface area contributed by atoms with Crippen LogP contribution in [0.3, 0.4) is 0 Å². The molecule has 0 aliphatic heterocycles. The number of hydrogen-bond acceptors (Lipinski definition) is 5. The molecule has 5 nitrogen and oxygen atoms in total. The molecule has 3 aromatic rings. The maximum absolute atomic E-state index is 4.34. The normalized spacial score (nSPS) is 10.7. The lowest BCUT2D eigenvalue weighted by Gasteiger charge is -2.09. The number of thiophene rings is 1. The Balaban J connectivity index is 1.81. The molecule has 0 aliphatic carbocycles. The van der Waals surface area contributed by atoms with Crippen LogP contribution in [0.25, 0.3) is 5.82 Å². The molecular weight excluding hydrogens is 406 g/mol. The Morgan fingerprint density at radius 3 is 2.95 bits per heavy atom. The quantitative estimate of drug-likeness (QED) is 0.704. The zero-order valence-electron chi connectivity index (χ0n) is 10.1. The van der Waals surface area contributed by atoms with E-state index in [1.165, 1.54) is 11.2 Å². The first kappa shape index (κ1) is 13.7. The molecule has 0 atom stereocenters. The summed E-state index contributed by atoms with van der Waals surface area (Å²) < 4.78 is 3.81. The van der Waals surface area contributed by atoms with Gasteiger partial charge in [0.25, 0.3) is 0 Å². The van der Waals surface area contributed by atoms with Crippen LogP contribution in [0.2, 0.25) is 0 Å². The number of rotatable bonds is 4. The van der Waals surface area contributed by atoms with Crippen LogP contribution in [-0.4, -0.2) is 19.7 Å². The smallest absolute Gasteiger partial charge is 0.178 e. The minimum atomic E-state index is 0.724. The largest absolute Gasteiger partial charge is 0.377 e. The maximum atomic E-state index is 4.34. The minimum absolute atomic E-state index is 0.724. The van der Waals surface area contributed by atoms with Crippen molar-refractivity contribution in [1.29, 1.82) is 0 Å². The second-order valence-corrected chi connectivity index (χ2v) is 7.21. The minimum Gasteiger partial charge on any atom is -0.377 e. The number of nitrogens with one attached hydrogen (secondary N) is 1. The first-order chi connectivity index (χ1) is 9.74. The number of anilines is 1. The van der Waals surface area contributed by atoms with E-state index in [9.17, 15) is 0 Å². The van der Waals surface area contributed by atoms with Crippen LogP contribution in [0.5, 0.6) is 0 Å². The monoisotopic (exact) mass is 413 g/mol. The second kappa shape index (κ2) is 6.02. The first-order valence-electron chi connectivity index (χ1n) is 5.71. The Morgan fingerprint density at radius 2 is 2.25 bits per heavy atom. The van der Waals surface area contributed by atoms with E-state index in [4.69, 9.17) is 0 Å². The lowest BCUT2D eigenvalue weighted by molar-refractivity contribution is 0.845. The van der Waals surface area contributed by atoms with Crippen molar-refractivity contribution >= 4 is 48.9 Å². The molecule has 0 saturated carbocycles. The molecule has 3 rings (SSSR count). The van der Waals surface area contributed by atoms with E-state index in [2.05, 4.69) is 58.3 Å². The molecule has 8 heteroatoms. The standard InChI is InChI=1S/C12H9Br2N5S/c13-9-4-8(20-11(9)14)5-17-10-2-1-3-16-12(10)19-7-15-6-18-19/h1-4,6-7,17H,5H2. The van der Waals surface area contributed by atoms with Gasteiger partial charge in [-0.25, -0.2) is 14.6 Å². The van der Waals surface area contributed by atoms with E-state index in [1.54, 1.807) is 28.5 Å². The van der Waals surface area contributed by atoms with E-state index in [0.717, 1.165) is 26.3 Å². The Hall–Kier alpha value is -1.25. The first-order valence-corrected chi connectivity index (χ1v) is 8.12. The fraction of sp³-hybridized carbons (Fsp3) is 0.0833. The van der Waals surface area contributed by atoms with Gasteiger partial charge in [0.15, 0.2) is 5.82 Å². The van der Waals surface area contributed by atoms with Crippen molar-refractivity contribution in [3.05, 3.63) is 50.2 Å². The lowest BCUT2D eigenvalue weighted by atomic mass is 10.3. The molecule has 0 fully saturated rings. The zero-order valence-corrected chi connectivity index (χ0v) is 14.1. The van der Waals surface area contributed by atoms with Crippen molar-refractivity contribution in [3.63, 3.8) is 0 Å². The number of hydrogen-bond donors (Lipinski definition) is 1. The molecular formula is C12H9Br2N5S. The summed E-state index contributed by atoms with van der Waals surface area (Å²) in [4.78, 5) is 9.51. The summed E-state index contributed by atoms with van der Waals surface area (Å²) in [5.74, 6) is 0.736. The van der Waals surface area contributed by atoms with Crippen LogP contribution in [0.1, 0.15) is 4.88 Å². The van der Waals surface area contributed by atoms with Crippen LogP contribution in [0.4, 0.5) is 5.69 Å². The van der Waals surface area contributed by atoms with E-state index in [1.807, 2.05) is 12.1 Å². The van der Waals surface area contributed by atoms with Gasteiger partial charge in [-0.2, -0.15) is 5.10 Å². The van der Waals surface area contributed by atoms with E-state index >= 15 is 0 Å². The van der Waals surface area contributed by atoms with Gasteiger partial charge in [-0.15, -0.1) is 11.3 Å². The topological polar surface area (TPSA) is 55.6 Å². The molecule has 0 radical (unpaired) electrons. The van der Waals surface area contributed by atoms with Gasteiger partial charge >= 0.3 is 0 Å². The van der Waals surface area contributed by atoms with Gasteiger partial charge in [-0.3, -0.25) is 0 Å². The van der Waals surface area contributed by atoms with Gasteiger partial charge < -0.3 is 5.32 Å². The van der Waals surface area contributed by atoms with Crippen molar-refractivity contribution in [2.45, 2.75) is 6.54 Å². The van der Waals surface area contributed by atoms with Crippen molar-refractivity contribution in [1.82, 2.24) is 19.7 Å². The fourth-order valence-corrected chi connectivity index (χ4v) is 3.81. The van der Waals surface area contributed by atoms with Gasteiger partial charge in [-0.1, -0.05) is 0 Å². The molecule has 102 valence electrons. The van der Waals surface area contributed by atoms with Gasteiger partial charge in [0.2, 0.25) is 0 Å². The third kappa shape index (κ3) is 2.92. The highest BCUT2D eigenvalue weighted by Gasteiger charge is 2.08. The predicted molar refractivity (Wildman–Crippen MR) is 86.2 cm³/mol. The number of pyridine rings is 1. The summed E-state index contributed by atoms with van der Waals surface area (Å²) in [6.45, 7) is 0.724.